The number of hydrogen-bond acceptors (Lipinski definition) is 5. The second-order valence-electron chi connectivity index (χ2n) is 6.18. The lowest BCUT2D eigenvalue weighted by Crippen LogP contribution is -2.31. The number of nitrogens with one attached hydrogen (secondary N) is 1. The third-order valence-electron chi connectivity index (χ3n) is 4.45. The molecule has 2 rings (SSSR count). The van der Waals surface area contributed by atoms with Gasteiger partial charge in [-0.05, 0) is 50.1 Å². The molecule has 28 heavy (non-hydrogen) atoms. The summed E-state index contributed by atoms with van der Waals surface area (Å²) in [5.74, 6) is 0.0378. The number of anilines is 1. The molecule has 0 unspecified atom stereocenters. The van der Waals surface area contributed by atoms with E-state index in [0.29, 0.717) is 30.3 Å². The van der Waals surface area contributed by atoms with Gasteiger partial charge in [0.15, 0.2) is 0 Å². The van der Waals surface area contributed by atoms with Gasteiger partial charge in [0.05, 0.1) is 11.5 Å². The minimum atomic E-state index is -3.72. The highest BCUT2D eigenvalue weighted by molar-refractivity contribution is 7.89. The number of rotatable bonds is 9. The number of nitrogens with zero attached hydrogens (tertiary/aromatic N) is 1. The molecule has 8 heteroatoms. The first-order chi connectivity index (χ1) is 13.3. The van der Waals surface area contributed by atoms with Gasteiger partial charge >= 0.3 is 0 Å². The Bertz CT molecular complexity index is 932. The smallest absolute Gasteiger partial charge is 0.265 e. The molecule has 1 aromatic carbocycles. The van der Waals surface area contributed by atoms with Gasteiger partial charge in [0, 0.05) is 23.7 Å². The highest BCUT2D eigenvalue weighted by Crippen LogP contribution is 2.31. The van der Waals surface area contributed by atoms with Gasteiger partial charge in [-0.25, -0.2) is 8.42 Å². The van der Waals surface area contributed by atoms with Crippen LogP contribution in [0.2, 0.25) is 0 Å². The number of benzene rings is 1. The molecule has 0 atom stereocenters. The molecule has 0 saturated heterocycles. The highest BCUT2D eigenvalue weighted by Gasteiger charge is 2.26. The summed E-state index contributed by atoms with van der Waals surface area (Å²) >= 11 is 1.44. The molecule has 154 valence electrons. The van der Waals surface area contributed by atoms with Crippen molar-refractivity contribution in [2.45, 2.75) is 45.9 Å². The van der Waals surface area contributed by atoms with Crippen LogP contribution in [0.3, 0.4) is 0 Å². The van der Waals surface area contributed by atoms with Crippen LogP contribution in [0.1, 0.15) is 47.8 Å². The molecule has 1 amide bonds. The topological polar surface area (TPSA) is 75.7 Å². The Balaban J connectivity index is 2.39. The molecule has 0 aliphatic carbocycles. The van der Waals surface area contributed by atoms with Crippen LogP contribution in [-0.2, 0) is 16.4 Å². The van der Waals surface area contributed by atoms with Gasteiger partial charge in [-0.1, -0.05) is 20.8 Å². The molecule has 0 radical (unpaired) electrons. The van der Waals surface area contributed by atoms with E-state index in [1.807, 2.05) is 19.9 Å². The Morgan fingerprint density at radius 1 is 1.14 bits per heavy atom. The van der Waals surface area contributed by atoms with Crippen molar-refractivity contribution in [3.8, 4) is 5.75 Å². The van der Waals surface area contributed by atoms with E-state index < -0.39 is 10.0 Å². The number of ether oxygens (including phenoxy) is 1. The summed E-state index contributed by atoms with van der Waals surface area (Å²) in [6, 6.07) is 6.60. The van der Waals surface area contributed by atoms with Gasteiger partial charge in [0.2, 0.25) is 10.0 Å². The normalized spacial score (nSPS) is 11.6. The Labute approximate surface area is 171 Å². The van der Waals surface area contributed by atoms with E-state index in [9.17, 15) is 13.2 Å². The van der Waals surface area contributed by atoms with Crippen LogP contribution in [0.25, 0.3) is 0 Å². The van der Waals surface area contributed by atoms with Crippen LogP contribution >= 0.6 is 11.3 Å². The number of amides is 1. The van der Waals surface area contributed by atoms with Gasteiger partial charge in [-0.3, -0.25) is 4.79 Å². The zero-order valence-electron chi connectivity index (χ0n) is 17.0. The van der Waals surface area contributed by atoms with E-state index in [-0.39, 0.29) is 16.6 Å². The molecule has 0 spiro atoms. The molecule has 0 aliphatic heterocycles. The van der Waals surface area contributed by atoms with Gasteiger partial charge in [0.1, 0.15) is 10.6 Å². The zero-order valence-corrected chi connectivity index (χ0v) is 18.7. The quantitative estimate of drug-likeness (QED) is 0.651. The Morgan fingerprint density at radius 3 is 2.36 bits per heavy atom. The molecule has 2 aromatic rings. The lowest BCUT2D eigenvalue weighted by molar-refractivity contribution is 0.103. The molecule has 1 N–H and O–H groups in total. The third-order valence-corrected chi connectivity index (χ3v) is 7.61. The Kier molecular flexibility index (Phi) is 7.63. The summed E-state index contributed by atoms with van der Waals surface area (Å²) in [6.45, 7) is 10.5. The summed E-state index contributed by atoms with van der Waals surface area (Å²) in [4.78, 5) is 14.4. The van der Waals surface area contributed by atoms with Crippen molar-refractivity contribution >= 4 is 33.0 Å². The van der Waals surface area contributed by atoms with E-state index in [1.165, 1.54) is 21.7 Å². The fraction of sp³-hybridized carbons (Fsp3) is 0.450. The van der Waals surface area contributed by atoms with E-state index in [0.717, 1.165) is 16.9 Å². The summed E-state index contributed by atoms with van der Waals surface area (Å²) in [5, 5.41) is 2.81. The number of hydrogen-bond donors (Lipinski definition) is 1. The van der Waals surface area contributed by atoms with Crippen LogP contribution in [0, 0.1) is 6.92 Å². The molecule has 1 heterocycles. The Hall–Kier alpha value is -1.90. The fourth-order valence-electron chi connectivity index (χ4n) is 2.94. The van der Waals surface area contributed by atoms with Crippen LogP contribution in [0.15, 0.2) is 29.2 Å². The summed E-state index contributed by atoms with van der Waals surface area (Å²) in [6.07, 6.45) is 0.866. The first kappa shape index (κ1) is 22.4. The molecule has 6 nitrogen and oxygen atoms in total. The maximum Gasteiger partial charge on any atom is 0.265 e. The van der Waals surface area contributed by atoms with Crippen LogP contribution in [-0.4, -0.2) is 38.3 Å². The van der Waals surface area contributed by atoms with Gasteiger partial charge in [0.25, 0.3) is 5.91 Å². The molecule has 1 aromatic heterocycles. The van der Waals surface area contributed by atoms with Crippen molar-refractivity contribution in [2.75, 3.05) is 25.0 Å². The van der Waals surface area contributed by atoms with Crippen molar-refractivity contribution in [3.63, 3.8) is 0 Å². The van der Waals surface area contributed by atoms with E-state index in [1.54, 1.807) is 32.9 Å². The van der Waals surface area contributed by atoms with Gasteiger partial charge in [-0.2, -0.15) is 4.31 Å². The summed E-state index contributed by atoms with van der Waals surface area (Å²) in [5.41, 5.74) is 1.56. The van der Waals surface area contributed by atoms with Crippen LogP contribution in [0.4, 0.5) is 5.69 Å². The lowest BCUT2D eigenvalue weighted by Gasteiger charge is -2.21. The molecule has 0 saturated carbocycles. The maximum atomic E-state index is 13.0. The molecule has 0 aliphatic rings. The predicted octanol–water partition coefficient (Wildman–Crippen LogP) is 4.30. The van der Waals surface area contributed by atoms with Crippen molar-refractivity contribution in [3.05, 3.63) is 39.6 Å². The summed E-state index contributed by atoms with van der Waals surface area (Å²) < 4.78 is 32.9. The minimum absolute atomic E-state index is 0.0625. The van der Waals surface area contributed by atoms with Crippen molar-refractivity contribution in [2.24, 2.45) is 0 Å². The molecular weight excluding hydrogens is 396 g/mol. The number of carbonyl (C=O) groups excluding carboxylic acids is 1. The fourth-order valence-corrected chi connectivity index (χ4v) is 5.56. The van der Waals surface area contributed by atoms with E-state index >= 15 is 0 Å². The second-order valence-corrected chi connectivity index (χ2v) is 9.35. The first-order valence-corrected chi connectivity index (χ1v) is 11.7. The third kappa shape index (κ3) is 4.74. The van der Waals surface area contributed by atoms with Gasteiger partial charge < -0.3 is 10.1 Å². The van der Waals surface area contributed by atoms with Gasteiger partial charge in [-0.15, -0.1) is 11.3 Å². The Morgan fingerprint density at radius 2 is 1.82 bits per heavy atom. The van der Waals surface area contributed by atoms with Crippen LogP contribution < -0.4 is 10.1 Å². The largest absolute Gasteiger partial charge is 0.492 e. The molecule has 0 fully saturated rings. The number of carbonyl (C=O) groups is 1. The van der Waals surface area contributed by atoms with Crippen molar-refractivity contribution in [1.29, 1.82) is 0 Å². The molecule has 0 bridgehead atoms. The van der Waals surface area contributed by atoms with E-state index in [4.69, 9.17) is 4.74 Å². The summed E-state index contributed by atoms with van der Waals surface area (Å²) in [7, 11) is -3.72. The van der Waals surface area contributed by atoms with Crippen molar-refractivity contribution in [1.82, 2.24) is 4.31 Å². The molecular formula is C20H28N2O4S2. The average molecular weight is 425 g/mol. The van der Waals surface area contributed by atoms with Crippen LogP contribution in [0.5, 0.6) is 5.75 Å². The SMILES string of the molecule is CCOc1ccc(NC(=O)c2cc(CC)c(C)s2)cc1S(=O)(=O)N(CC)CC. The standard InChI is InChI=1S/C20H28N2O4S2/c1-6-15-12-18(27-14(15)5)20(23)21-16-10-11-17(26-9-4)19(13-16)28(24,25)22(7-2)8-3/h10-13H,6-9H2,1-5H3,(H,21,23). The minimum Gasteiger partial charge on any atom is -0.492 e. The number of thiophene rings is 1. The second kappa shape index (κ2) is 9.54. The average Bonchev–Trinajstić information content (AvgIpc) is 3.04. The van der Waals surface area contributed by atoms with Crippen molar-refractivity contribution < 1.29 is 17.9 Å². The van der Waals surface area contributed by atoms with E-state index in [2.05, 4.69) is 5.32 Å². The first-order valence-electron chi connectivity index (χ1n) is 9.46. The number of aryl methyl sites for hydroxylation is 2. The lowest BCUT2D eigenvalue weighted by atomic mass is 10.2. The number of sulfonamides is 1. The monoisotopic (exact) mass is 424 g/mol. The highest BCUT2D eigenvalue weighted by atomic mass is 32.2. The zero-order chi connectivity index (χ0) is 20.9. The predicted molar refractivity (Wildman–Crippen MR) is 114 cm³/mol. The maximum absolute atomic E-state index is 13.0.